The summed E-state index contributed by atoms with van der Waals surface area (Å²) in [6.45, 7) is 0. The van der Waals surface area contributed by atoms with Gasteiger partial charge in [-0.25, -0.2) is 14.8 Å². The van der Waals surface area contributed by atoms with E-state index in [1.807, 2.05) is 0 Å². The Bertz CT molecular complexity index is 655. The van der Waals surface area contributed by atoms with E-state index in [0.717, 1.165) is 37.1 Å². The van der Waals surface area contributed by atoms with Crippen LogP contribution >= 0.6 is 11.6 Å². The smallest absolute Gasteiger partial charge is 0.337 e. The molecule has 0 saturated heterocycles. The summed E-state index contributed by atoms with van der Waals surface area (Å²) in [6.07, 6.45) is 3.94. The number of aromatic nitrogens is 2. The van der Waals surface area contributed by atoms with E-state index in [1.54, 1.807) is 6.07 Å². The monoisotopic (exact) mass is 262 g/mol. The first-order chi connectivity index (χ1) is 8.66. The molecule has 0 amide bonds. The molecule has 92 valence electrons. The average Bonchev–Trinajstić information content (AvgIpc) is 2.37. The van der Waals surface area contributed by atoms with Crippen molar-refractivity contribution in [1.82, 2.24) is 9.97 Å². The third-order valence-corrected chi connectivity index (χ3v) is 3.54. The highest BCUT2D eigenvalue weighted by Gasteiger charge is 2.18. The number of carbonyl (C=O) groups is 1. The van der Waals surface area contributed by atoms with Crippen LogP contribution in [0.25, 0.3) is 11.0 Å². The normalized spacial score (nSPS) is 14.5. The highest BCUT2D eigenvalue weighted by Crippen LogP contribution is 2.27. The molecule has 1 aliphatic rings. The number of aryl methyl sites for hydroxylation is 2. The number of carboxylic acids is 1. The Labute approximate surface area is 109 Å². The molecule has 0 fully saturated rings. The van der Waals surface area contributed by atoms with E-state index in [0.29, 0.717) is 16.1 Å². The predicted molar refractivity (Wildman–Crippen MR) is 68.1 cm³/mol. The first-order valence-corrected chi connectivity index (χ1v) is 6.26. The Morgan fingerprint density at radius 1 is 1.11 bits per heavy atom. The molecule has 1 aromatic heterocycles. The molecule has 4 nitrogen and oxygen atoms in total. The lowest BCUT2D eigenvalue weighted by atomic mass is 10.00. The summed E-state index contributed by atoms with van der Waals surface area (Å²) >= 11 is 6.08. The van der Waals surface area contributed by atoms with Gasteiger partial charge in [0.05, 0.1) is 22.0 Å². The van der Waals surface area contributed by atoms with Crippen LogP contribution in [0.15, 0.2) is 12.1 Å². The fraction of sp³-hybridized carbons (Fsp3) is 0.308. The van der Waals surface area contributed by atoms with Crippen molar-refractivity contribution in [3.05, 3.63) is 34.1 Å². The lowest BCUT2D eigenvalue weighted by Crippen LogP contribution is -2.10. The van der Waals surface area contributed by atoms with Gasteiger partial charge in [-0.3, -0.25) is 0 Å². The Kier molecular flexibility index (Phi) is 2.67. The van der Waals surface area contributed by atoms with Gasteiger partial charge in [-0.05, 0) is 37.8 Å². The number of aromatic carboxylic acids is 1. The Hall–Kier alpha value is -1.68. The summed E-state index contributed by atoms with van der Waals surface area (Å²) in [4.78, 5) is 20.2. The first-order valence-electron chi connectivity index (χ1n) is 5.88. The topological polar surface area (TPSA) is 63.1 Å². The molecule has 0 spiro atoms. The molecule has 0 aliphatic heterocycles. The van der Waals surface area contributed by atoms with Crippen molar-refractivity contribution in [3.8, 4) is 0 Å². The lowest BCUT2D eigenvalue weighted by molar-refractivity contribution is 0.0699. The molecule has 1 heterocycles. The molecule has 5 heteroatoms. The molecular formula is C13H11ClN2O2. The highest BCUT2D eigenvalue weighted by molar-refractivity contribution is 6.35. The van der Waals surface area contributed by atoms with Gasteiger partial charge >= 0.3 is 5.97 Å². The van der Waals surface area contributed by atoms with Gasteiger partial charge < -0.3 is 5.11 Å². The van der Waals surface area contributed by atoms with Crippen molar-refractivity contribution < 1.29 is 9.90 Å². The maximum absolute atomic E-state index is 11.2. The first kappa shape index (κ1) is 11.4. The van der Waals surface area contributed by atoms with Crippen molar-refractivity contribution in [2.24, 2.45) is 0 Å². The van der Waals surface area contributed by atoms with Gasteiger partial charge in [0.1, 0.15) is 11.0 Å². The molecular weight excluding hydrogens is 252 g/mol. The molecule has 0 bridgehead atoms. The van der Waals surface area contributed by atoms with Crippen LogP contribution in [0.4, 0.5) is 0 Å². The van der Waals surface area contributed by atoms with Gasteiger partial charge in [0, 0.05) is 0 Å². The lowest BCUT2D eigenvalue weighted by Gasteiger charge is -2.15. The van der Waals surface area contributed by atoms with E-state index in [2.05, 4.69) is 9.97 Å². The third-order valence-electron chi connectivity index (χ3n) is 3.24. The average molecular weight is 263 g/mol. The van der Waals surface area contributed by atoms with Crippen molar-refractivity contribution in [2.75, 3.05) is 0 Å². The zero-order chi connectivity index (χ0) is 12.7. The minimum Gasteiger partial charge on any atom is -0.478 e. The maximum Gasteiger partial charge on any atom is 0.337 e. The molecule has 1 aromatic carbocycles. The van der Waals surface area contributed by atoms with Crippen LogP contribution in [0.2, 0.25) is 5.02 Å². The van der Waals surface area contributed by atoms with Crippen LogP contribution in [-0.4, -0.2) is 21.0 Å². The summed E-state index contributed by atoms with van der Waals surface area (Å²) in [5.41, 5.74) is 2.93. The van der Waals surface area contributed by atoms with Crippen LogP contribution in [0.5, 0.6) is 0 Å². The molecule has 3 rings (SSSR count). The zero-order valence-corrected chi connectivity index (χ0v) is 10.4. The van der Waals surface area contributed by atoms with Gasteiger partial charge in [0.25, 0.3) is 0 Å². The van der Waals surface area contributed by atoms with Crippen LogP contribution in [-0.2, 0) is 12.8 Å². The number of hydrogen-bond acceptors (Lipinski definition) is 3. The van der Waals surface area contributed by atoms with E-state index >= 15 is 0 Å². The van der Waals surface area contributed by atoms with Crippen molar-refractivity contribution in [1.29, 1.82) is 0 Å². The second kappa shape index (κ2) is 4.21. The fourth-order valence-corrected chi connectivity index (χ4v) is 2.53. The quantitative estimate of drug-likeness (QED) is 0.858. The molecule has 1 N–H and O–H groups in total. The minimum atomic E-state index is -0.998. The summed E-state index contributed by atoms with van der Waals surface area (Å²) in [7, 11) is 0. The molecule has 1 aliphatic carbocycles. The van der Waals surface area contributed by atoms with Crippen LogP contribution in [0.3, 0.4) is 0 Å². The second-order valence-corrected chi connectivity index (χ2v) is 4.83. The number of hydrogen-bond donors (Lipinski definition) is 1. The van der Waals surface area contributed by atoms with Gasteiger partial charge in [-0.1, -0.05) is 11.6 Å². The Balaban J connectivity index is 2.35. The SMILES string of the molecule is O=C(O)c1ccc(Cl)c2nc3c(nc12)CCCC3. The van der Waals surface area contributed by atoms with Crippen molar-refractivity contribution in [3.63, 3.8) is 0 Å². The van der Waals surface area contributed by atoms with Crippen LogP contribution in [0.1, 0.15) is 34.6 Å². The standard InChI is InChI=1S/C13H11ClN2O2/c14-8-6-5-7(13(17)18)11-12(8)16-10-4-2-1-3-9(10)15-11/h5-6H,1-4H2,(H,17,18). The molecule has 0 saturated carbocycles. The zero-order valence-electron chi connectivity index (χ0n) is 9.61. The Morgan fingerprint density at radius 2 is 1.72 bits per heavy atom. The third kappa shape index (κ3) is 1.73. The van der Waals surface area contributed by atoms with E-state index in [1.165, 1.54) is 6.07 Å². The predicted octanol–water partition coefficient (Wildman–Crippen LogP) is 2.86. The molecule has 18 heavy (non-hydrogen) atoms. The number of nitrogens with zero attached hydrogens (tertiary/aromatic N) is 2. The van der Waals surface area contributed by atoms with Gasteiger partial charge in [0.15, 0.2) is 0 Å². The van der Waals surface area contributed by atoms with E-state index in [9.17, 15) is 4.79 Å². The minimum absolute atomic E-state index is 0.162. The largest absolute Gasteiger partial charge is 0.478 e. The number of halogens is 1. The van der Waals surface area contributed by atoms with Crippen LogP contribution < -0.4 is 0 Å². The van der Waals surface area contributed by atoms with Crippen LogP contribution in [0, 0.1) is 0 Å². The number of rotatable bonds is 1. The van der Waals surface area contributed by atoms with Crippen molar-refractivity contribution in [2.45, 2.75) is 25.7 Å². The van der Waals surface area contributed by atoms with Gasteiger partial charge in [0.2, 0.25) is 0 Å². The summed E-state index contributed by atoms with van der Waals surface area (Å²) in [6, 6.07) is 3.05. The molecule has 0 atom stereocenters. The summed E-state index contributed by atoms with van der Waals surface area (Å²) < 4.78 is 0. The van der Waals surface area contributed by atoms with Gasteiger partial charge in [-0.15, -0.1) is 0 Å². The maximum atomic E-state index is 11.2. The number of benzene rings is 1. The summed E-state index contributed by atoms with van der Waals surface area (Å²) in [5, 5.41) is 9.62. The van der Waals surface area contributed by atoms with Gasteiger partial charge in [-0.2, -0.15) is 0 Å². The molecule has 0 radical (unpaired) electrons. The number of carboxylic acid groups (broad SMARTS) is 1. The Morgan fingerprint density at radius 3 is 2.33 bits per heavy atom. The highest BCUT2D eigenvalue weighted by atomic mass is 35.5. The van der Waals surface area contributed by atoms with Crippen molar-refractivity contribution >= 4 is 28.6 Å². The second-order valence-electron chi connectivity index (χ2n) is 4.42. The van der Waals surface area contributed by atoms with E-state index < -0.39 is 5.97 Å². The van der Waals surface area contributed by atoms with E-state index in [-0.39, 0.29) is 5.56 Å². The molecule has 0 unspecified atom stereocenters. The molecule has 2 aromatic rings. The number of fused-ring (bicyclic) bond motifs is 2. The summed E-state index contributed by atoms with van der Waals surface area (Å²) in [5.74, 6) is -0.998. The fourth-order valence-electron chi connectivity index (χ4n) is 2.33. The van der Waals surface area contributed by atoms with E-state index in [4.69, 9.17) is 16.7 Å².